The molecule has 6 fully saturated rings. The van der Waals surface area contributed by atoms with E-state index in [1.807, 2.05) is 13.8 Å². The van der Waals surface area contributed by atoms with Crippen LogP contribution in [0, 0.1) is 5.41 Å². The Morgan fingerprint density at radius 3 is 2.00 bits per heavy atom. The first-order chi connectivity index (χ1) is 16.8. The fraction of sp³-hybridized carbons (Fsp3) is 1.00. The minimum atomic E-state index is -0.586. The van der Waals surface area contributed by atoms with Gasteiger partial charge in [0.05, 0.1) is 65.1 Å². The highest BCUT2D eigenvalue weighted by Crippen LogP contribution is 2.63. The smallest absolute Gasteiger partial charge is 0.0955 e. The molecule has 6 aliphatic rings. The van der Waals surface area contributed by atoms with Crippen molar-refractivity contribution in [2.75, 3.05) is 6.61 Å². The molecule has 0 bridgehead atoms. The number of epoxide rings is 5. The van der Waals surface area contributed by atoms with Gasteiger partial charge in [0.25, 0.3) is 0 Å². The molecule has 0 radical (unpaired) electrons. The maximum atomic E-state index is 10.0. The first-order valence-corrected chi connectivity index (χ1v) is 14.8. The molecule has 0 amide bonds. The van der Waals surface area contributed by atoms with Crippen molar-refractivity contribution in [1.82, 2.24) is 0 Å². The molecule has 5 aliphatic heterocycles. The van der Waals surface area contributed by atoms with E-state index in [1.54, 1.807) is 0 Å². The van der Waals surface area contributed by atoms with Crippen LogP contribution in [0.5, 0.6) is 0 Å². The number of fused-ring (bicyclic) bond motifs is 1. The Hall–Kier alpha value is -0.240. The second-order valence-corrected chi connectivity index (χ2v) is 14.9. The van der Waals surface area contributed by atoms with Crippen molar-refractivity contribution in [3.63, 3.8) is 0 Å². The van der Waals surface area contributed by atoms with Gasteiger partial charge in [0.2, 0.25) is 0 Å². The Balaban J connectivity index is 0.979. The van der Waals surface area contributed by atoms with E-state index < -0.39 is 5.60 Å². The summed E-state index contributed by atoms with van der Waals surface area (Å²) in [5, 5.41) is 10.0. The van der Waals surface area contributed by atoms with Crippen molar-refractivity contribution < 1.29 is 28.8 Å². The molecular weight excluding hydrogens is 456 g/mol. The summed E-state index contributed by atoms with van der Waals surface area (Å²) in [6.45, 7) is 13.6. The summed E-state index contributed by atoms with van der Waals surface area (Å²) in [6, 6.07) is 0. The molecule has 0 aromatic carbocycles. The standard InChI is InChI=1S/C30H50O6/c1-25(2,31)12-7-13-27(5)21(34-27)9-15-29(24-18-32-24)16-10-23-30(19-29,36-23)17-11-22-28(6,35-22)14-8-20-26(3,4)33-20/h20-24,31H,7-19H2,1-6H3. The molecule has 0 aromatic heterocycles. The van der Waals surface area contributed by atoms with Gasteiger partial charge in [-0.15, -0.1) is 0 Å². The van der Waals surface area contributed by atoms with E-state index in [4.69, 9.17) is 23.7 Å². The SMILES string of the molecule is CC(C)(O)CCCC1(C)OC1CCC1(C2CO2)CCC2OC2(CCC2OC2(C)CCC2OC2(C)C)C1. The van der Waals surface area contributed by atoms with Crippen LogP contribution in [0.3, 0.4) is 0 Å². The molecule has 9 atom stereocenters. The molecule has 36 heavy (non-hydrogen) atoms. The summed E-state index contributed by atoms with van der Waals surface area (Å²) < 4.78 is 30.6. The van der Waals surface area contributed by atoms with Crippen LogP contribution in [-0.2, 0) is 23.7 Å². The number of hydrogen-bond acceptors (Lipinski definition) is 6. The quantitative estimate of drug-likeness (QED) is 0.315. The maximum Gasteiger partial charge on any atom is 0.0955 e. The molecule has 1 N–H and O–H groups in total. The first-order valence-electron chi connectivity index (χ1n) is 14.8. The zero-order chi connectivity index (χ0) is 25.6. The van der Waals surface area contributed by atoms with Crippen LogP contribution in [0.15, 0.2) is 0 Å². The molecule has 0 spiro atoms. The monoisotopic (exact) mass is 506 g/mol. The molecule has 5 heterocycles. The summed E-state index contributed by atoms with van der Waals surface area (Å²) >= 11 is 0. The van der Waals surface area contributed by atoms with E-state index in [-0.39, 0.29) is 27.8 Å². The number of hydrogen-bond donors (Lipinski definition) is 1. The van der Waals surface area contributed by atoms with Crippen molar-refractivity contribution in [3.05, 3.63) is 0 Å². The van der Waals surface area contributed by atoms with Gasteiger partial charge in [-0.05, 0) is 119 Å². The lowest BCUT2D eigenvalue weighted by Gasteiger charge is -2.38. The van der Waals surface area contributed by atoms with Gasteiger partial charge in [0.1, 0.15) is 0 Å². The lowest BCUT2D eigenvalue weighted by molar-refractivity contribution is 0.0662. The van der Waals surface area contributed by atoms with Gasteiger partial charge in [0.15, 0.2) is 0 Å². The second kappa shape index (κ2) is 8.38. The van der Waals surface area contributed by atoms with Crippen LogP contribution in [0.2, 0.25) is 0 Å². The summed E-state index contributed by atoms with van der Waals surface area (Å²) in [7, 11) is 0. The van der Waals surface area contributed by atoms with Crippen LogP contribution < -0.4 is 0 Å². The number of aliphatic hydroxyl groups is 1. The lowest BCUT2D eigenvalue weighted by Crippen LogP contribution is -2.39. The lowest BCUT2D eigenvalue weighted by atomic mass is 9.64. The molecule has 1 aliphatic carbocycles. The van der Waals surface area contributed by atoms with Crippen LogP contribution in [0.1, 0.15) is 119 Å². The van der Waals surface area contributed by atoms with Crippen molar-refractivity contribution in [2.45, 2.75) is 177 Å². The highest BCUT2D eigenvalue weighted by atomic mass is 16.6. The normalized spacial score (nSPS) is 49.9. The van der Waals surface area contributed by atoms with Gasteiger partial charge < -0.3 is 28.8 Å². The minimum absolute atomic E-state index is 0.00366. The molecule has 206 valence electrons. The average Bonchev–Trinajstić information content (AvgIpc) is 3.59. The summed E-state index contributed by atoms with van der Waals surface area (Å²) in [5.74, 6) is 0. The van der Waals surface area contributed by atoms with Crippen molar-refractivity contribution in [2.24, 2.45) is 5.41 Å². The fourth-order valence-corrected chi connectivity index (χ4v) is 7.76. The van der Waals surface area contributed by atoms with Gasteiger partial charge in [-0.2, -0.15) is 0 Å². The average molecular weight is 507 g/mol. The first kappa shape index (κ1) is 26.0. The van der Waals surface area contributed by atoms with E-state index in [0.29, 0.717) is 30.5 Å². The molecule has 6 heteroatoms. The molecule has 5 saturated heterocycles. The van der Waals surface area contributed by atoms with Gasteiger partial charge in [-0.25, -0.2) is 0 Å². The Bertz CT molecular complexity index is 849. The van der Waals surface area contributed by atoms with Crippen LogP contribution in [0.4, 0.5) is 0 Å². The molecular formula is C30H50O6. The third kappa shape index (κ3) is 5.29. The third-order valence-corrected chi connectivity index (χ3v) is 10.8. The van der Waals surface area contributed by atoms with Crippen LogP contribution in [-0.4, -0.2) is 70.2 Å². The zero-order valence-electron chi connectivity index (χ0n) is 23.6. The Kier molecular flexibility index (Phi) is 6.05. The Morgan fingerprint density at radius 1 is 0.778 bits per heavy atom. The topological polar surface area (TPSA) is 82.9 Å². The predicted molar refractivity (Wildman–Crippen MR) is 137 cm³/mol. The zero-order valence-corrected chi connectivity index (χ0v) is 23.6. The van der Waals surface area contributed by atoms with Gasteiger partial charge in [0, 0.05) is 5.41 Å². The molecule has 6 nitrogen and oxygen atoms in total. The summed E-state index contributed by atoms with van der Waals surface area (Å²) in [6.07, 6.45) is 15.1. The third-order valence-electron chi connectivity index (χ3n) is 10.8. The number of rotatable bonds is 14. The highest BCUT2D eigenvalue weighted by Gasteiger charge is 2.67. The number of ether oxygens (including phenoxy) is 5. The van der Waals surface area contributed by atoms with Crippen LogP contribution in [0.25, 0.3) is 0 Å². The van der Waals surface area contributed by atoms with E-state index in [2.05, 4.69) is 27.7 Å². The fourth-order valence-electron chi connectivity index (χ4n) is 7.76. The van der Waals surface area contributed by atoms with Crippen LogP contribution >= 0.6 is 0 Å². The van der Waals surface area contributed by atoms with Crippen molar-refractivity contribution in [3.8, 4) is 0 Å². The van der Waals surface area contributed by atoms with Gasteiger partial charge in [-0.3, -0.25) is 0 Å². The molecule has 6 rings (SSSR count). The molecule has 1 saturated carbocycles. The van der Waals surface area contributed by atoms with Gasteiger partial charge in [-0.1, -0.05) is 0 Å². The second-order valence-electron chi connectivity index (χ2n) is 14.9. The molecule has 9 unspecified atom stereocenters. The summed E-state index contributed by atoms with van der Waals surface area (Å²) in [5.41, 5.74) is -0.181. The summed E-state index contributed by atoms with van der Waals surface area (Å²) in [4.78, 5) is 0. The Labute approximate surface area is 218 Å². The minimum Gasteiger partial charge on any atom is -0.390 e. The van der Waals surface area contributed by atoms with E-state index in [9.17, 15) is 5.11 Å². The highest BCUT2D eigenvalue weighted by molar-refractivity contribution is 5.15. The van der Waals surface area contributed by atoms with E-state index in [1.165, 1.54) is 19.3 Å². The predicted octanol–water partition coefficient (Wildman–Crippen LogP) is 5.47. The Morgan fingerprint density at radius 2 is 1.39 bits per heavy atom. The maximum absolute atomic E-state index is 10.0. The van der Waals surface area contributed by atoms with Crippen molar-refractivity contribution in [1.29, 1.82) is 0 Å². The molecule has 0 aromatic rings. The van der Waals surface area contributed by atoms with E-state index in [0.717, 1.165) is 64.4 Å². The van der Waals surface area contributed by atoms with Crippen molar-refractivity contribution >= 4 is 0 Å². The van der Waals surface area contributed by atoms with Gasteiger partial charge >= 0.3 is 0 Å². The van der Waals surface area contributed by atoms with E-state index >= 15 is 0 Å². The largest absolute Gasteiger partial charge is 0.390 e.